The molecule has 5 heteroatoms. The van der Waals surface area contributed by atoms with E-state index in [9.17, 15) is 13.2 Å². The van der Waals surface area contributed by atoms with E-state index in [0.717, 1.165) is 6.42 Å². The van der Waals surface area contributed by atoms with Crippen molar-refractivity contribution in [1.29, 1.82) is 0 Å². The van der Waals surface area contributed by atoms with Crippen molar-refractivity contribution in [3.05, 3.63) is 0 Å². The van der Waals surface area contributed by atoms with Gasteiger partial charge in [0.05, 0.1) is 0 Å². The van der Waals surface area contributed by atoms with Crippen molar-refractivity contribution >= 4 is 15.9 Å². The number of ether oxygens (including phenoxy) is 1. The Balaban J connectivity index is 2.46. The van der Waals surface area contributed by atoms with E-state index in [4.69, 9.17) is 0 Å². The van der Waals surface area contributed by atoms with Gasteiger partial charge < -0.3 is 4.74 Å². The van der Waals surface area contributed by atoms with Gasteiger partial charge in [-0.1, -0.05) is 15.9 Å². The Labute approximate surface area is 77.4 Å². The van der Waals surface area contributed by atoms with Crippen LogP contribution in [0.1, 0.15) is 12.8 Å². The minimum Gasteiger partial charge on any atom is -0.369 e. The molecule has 1 nitrogen and oxygen atoms in total. The van der Waals surface area contributed by atoms with Gasteiger partial charge in [-0.25, -0.2) is 0 Å². The molecular weight excluding hydrogens is 237 g/mol. The average Bonchev–Trinajstić information content (AvgIpc) is 2.03. The molecule has 0 aromatic rings. The molecule has 2 unspecified atom stereocenters. The van der Waals surface area contributed by atoms with Crippen LogP contribution in [0, 0.1) is 5.92 Å². The molecule has 0 N–H and O–H groups in total. The second-order valence-corrected chi connectivity index (χ2v) is 3.59. The maximum atomic E-state index is 12.1. The zero-order valence-corrected chi connectivity index (χ0v) is 7.99. The van der Waals surface area contributed by atoms with Gasteiger partial charge in [0, 0.05) is 11.9 Å². The Hall–Kier alpha value is 0.230. The fourth-order valence-corrected chi connectivity index (χ4v) is 1.82. The Morgan fingerprint density at radius 3 is 2.58 bits per heavy atom. The lowest BCUT2D eigenvalue weighted by Crippen LogP contribution is -2.38. The Kier molecular flexibility index (Phi) is 3.40. The van der Waals surface area contributed by atoms with Crippen LogP contribution in [0.3, 0.4) is 0 Å². The van der Waals surface area contributed by atoms with E-state index in [2.05, 4.69) is 20.7 Å². The number of hydrogen-bond acceptors (Lipinski definition) is 1. The van der Waals surface area contributed by atoms with Crippen molar-refractivity contribution in [1.82, 2.24) is 0 Å². The summed E-state index contributed by atoms with van der Waals surface area (Å²) in [6.45, 7) is 0.223. The third kappa shape index (κ3) is 2.62. The molecule has 0 aliphatic carbocycles. The van der Waals surface area contributed by atoms with E-state index in [-0.39, 0.29) is 18.9 Å². The Morgan fingerprint density at radius 2 is 2.08 bits per heavy atom. The van der Waals surface area contributed by atoms with Crippen molar-refractivity contribution in [2.75, 3.05) is 11.9 Å². The minimum absolute atomic E-state index is 0.0920. The molecule has 0 saturated carbocycles. The van der Waals surface area contributed by atoms with E-state index in [1.165, 1.54) is 0 Å². The summed E-state index contributed by atoms with van der Waals surface area (Å²) >= 11 is 3.18. The van der Waals surface area contributed by atoms with Gasteiger partial charge in [-0.2, -0.15) is 13.2 Å². The summed E-state index contributed by atoms with van der Waals surface area (Å²) in [6.07, 6.45) is -4.93. The third-order valence-corrected chi connectivity index (χ3v) is 2.89. The van der Waals surface area contributed by atoms with Crippen molar-refractivity contribution in [3.8, 4) is 0 Å². The fraction of sp³-hybridized carbons (Fsp3) is 1.00. The lowest BCUT2D eigenvalue weighted by molar-refractivity contribution is -0.234. The summed E-state index contributed by atoms with van der Waals surface area (Å²) in [5.41, 5.74) is 0. The highest BCUT2D eigenvalue weighted by atomic mass is 79.9. The second kappa shape index (κ2) is 3.96. The Morgan fingerprint density at radius 1 is 1.42 bits per heavy atom. The topological polar surface area (TPSA) is 9.23 Å². The normalized spacial score (nSPS) is 32.0. The number of alkyl halides is 4. The lowest BCUT2D eigenvalue weighted by Gasteiger charge is -2.29. The maximum Gasteiger partial charge on any atom is 0.414 e. The van der Waals surface area contributed by atoms with Crippen LogP contribution >= 0.6 is 15.9 Å². The van der Waals surface area contributed by atoms with Crippen molar-refractivity contribution in [2.45, 2.75) is 25.1 Å². The van der Waals surface area contributed by atoms with Gasteiger partial charge >= 0.3 is 6.18 Å². The smallest absolute Gasteiger partial charge is 0.369 e. The molecule has 0 radical (unpaired) electrons. The summed E-state index contributed by atoms with van der Waals surface area (Å²) < 4.78 is 41.0. The molecular formula is C7H10BrF3O. The van der Waals surface area contributed by atoms with Gasteiger partial charge in [-0.05, 0) is 18.8 Å². The van der Waals surface area contributed by atoms with Gasteiger partial charge in [0.1, 0.15) is 0 Å². The number of hydrogen-bond donors (Lipinski definition) is 0. The molecule has 0 bridgehead atoms. The third-order valence-electron chi connectivity index (χ3n) is 1.98. The maximum absolute atomic E-state index is 12.1. The van der Waals surface area contributed by atoms with Crippen LogP contribution < -0.4 is 0 Å². The van der Waals surface area contributed by atoms with Crippen LogP contribution in [0.15, 0.2) is 0 Å². The first-order chi connectivity index (χ1) is 5.54. The lowest BCUT2D eigenvalue weighted by atomic mass is 9.97. The zero-order valence-electron chi connectivity index (χ0n) is 6.40. The van der Waals surface area contributed by atoms with Crippen molar-refractivity contribution in [2.24, 2.45) is 5.92 Å². The highest BCUT2D eigenvalue weighted by molar-refractivity contribution is 9.09. The highest BCUT2D eigenvalue weighted by Gasteiger charge is 2.43. The average molecular weight is 247 g/mol. The number of rotatable bonds is 1. The fourth-order valence-electron chi connectivity index (χ4n) is 1.23. The van der Waals surface area contributed by atoms with Crippen LogP contribution in [0.4, 0.5) is 13.2 Å². The SMILES string of the molecule is FC(F)(F)C1CC(CBr)CCO1. The molecule has 12 heavy (non-hydrogen) atoms. The van der Waals surface area contributed by atoms with Gasteiger partial charge in [0.15, 0.2) is 6.10 Å². The molecule has 0 aromatic heterocycles. The molecule has 0 spiro atoms. The molecule has 1 aliphatic heterocycles. The standard InChI is InChI=1S/C7H10BrF3O/c8-4-5-1-2-12-6(3-5)7(9,10)11/h5-6H,1-4H2. The monoisotopic (exact) mass is 246 g/mol. The first kappa shape index (κ1) is 10.3. The predicted molar refractivity (Wildman–Crippen MR) is 42.3 cm³/mol. The summed E-state index contributed by atoms with van der Waals surface area (Å²) in [5, 5.41) is 0.628. The molecule has 72 valence electrons. The largest absolute Gasteiger partial charge is 0.414 e. The van der Waals surface area contributed by atoms with Gasteiger partial charge in [0.2, 0.25) is 0 Å². The Bertz CT molecular complexity index is 148. The van der Waals surface area contributed by atoms with E-state index in [1.807, 2.05) is 0 Å². The molecule has 1 rings (SSSR count). The molecule has 1 saturated heterocycles. The molecule has 0 aromatic carbocycles. The first-order valence-electron chi connectivity index (χ1n) is 3.78. The van der Waals surface area contributed by atoms with Crippen LogP contribution in [-0.2, 0) is 4.74 Å². The van der Waals surface area contributed by atoms with Gasteiger partial charge in [-0.3, -0.25) is 0 Å². The molecule has 0 amide bonds. The molecule has 1 aliphatic rings. The van der Waals surface area contributed by atoms with Crippen LogP contribution in [0.2, 0.25) is 0 Å². The van der Waals surface area contributed by atoms with Crippen molar-refractivity contribution in [3.63, 3.8) is 0 Å². The minimum atomic E-state index is -4.19. The van der Waals surface area contributed by atoms with Crippen molar-refractivity contribution < 1.29 is 17.9 Å². The second-order valence-electron chi connectivity index (χ2n) is 2.95. The summed E-state index contributed by atoms with van der Waals surface area (Å²) in [4.78, 5) is 0. The molecule has 1 fully saturated rings. The first-order valence-corrected chi connectivity index (χ1v) is 4.90. The van der Waals surface area contributed by atoms with E-state index >= 15 is 0 Å². The molecule has 1 heterocycles. The summed E-state index contributed by atoms with van der Waals surface area (Å²) in [5.74, 6) is 0.102. The van der Waals surface area contributed by atoms with Crippen LogP contribution in [0.25, 0.3) is 0 Å². The predicted octanol–water partition coefficient (Wildman–Crippen LogP) is 2.74. The summed E-state index contributed by atoms with van der Waals surface area (Å²) in [7, 11) is 0. The molecule has 2 atom stereocenters. The number of halogens is 4. The van der Waals surface area contributed by atoms with E-state index in [0.29, 0.717) is 5.33 Å². The van der Waals surface area contributed by atoms with Gasteiger partial charge in [-0.15, -0.1) is 0 Å². The van der Waals surface area contributed by atoms with E-state index in [1.54, 1.807) is 0 Å². The zero-order chi connectivity index (χ0) is 9.19. The van der Waals surface area contributed by atoms with Crippen LogP contribution in [-0.4, -0.2) is 24.2 Å². The van der Waals surface area contributed by atoms with Gasteiger partial charge in [0.25, 0.3) is 0 Å². The highest BCUT2D eigenvalue weighted by Crippen LogP contribution is 2.32. The quantitative estimate of drug-likeness (QED) is 0.647. The summed E-state index contributed by atoms with van der Waals surface area (Å²) in [6, 6.07) is 0. The van der Waals surface area contributed by atoms with E-state index < -0.39 is 12.3 Å². The van der Waals surface area contributed by atoms with Crippen LogP contribution in [0.5, 0.6) is 0 Å².